The number of aliphatic hydroxyl groups is 1. The number of amides is 2. The third-order valence-electron chi connectivity index (χ3n) is 10.1. The predicted octanol–water partition coefficient (Wildman–Crippen LogP) is 11.4. The summed E-state index contributed by atoms with van der Waals surface area (Å²) in [6.07, 6.45) is 47.6. The molecule has 0 aliphatic rings. The number of unbranched alkanes of at least 4 members (excludes halogenated alkanes) is 23. The molecule has 0 aliphatic carbocycles. The van der Waals surface area contributed by atoms with Gasteiger partial charge < -0.3 is 25.6 Å². The first-order chi connectivity index (χ1) is 27.3. The molecule has 2 unspecified atom stereocenters. The van der Waals surface area contributed by atoms with Gasteiger partial charge in [0.25, 0.3) is 0 Å². The van der Waals surface area contributed by atoms with Crippen LogP contribution in [0.15, 0.2) is 36.5 Å². The number of ether oxygens (including phenoxy) is 1. The van der Waals surface area contributed by atoms with Gasteiger partial charge in [-0.2, -0.15) is 0 Å². The van der Waals surface area contributed by atoms with Crippen LogP contribution in [-0.4, -0.2) is 59.3 Å². The molecule has 0 aromatic rings. The molecular formula is C47H84N2O7. The van der Waals surface area contributed by atoms with Crippen molar-refractivity contribution in [2.75, 3.05) is 13.2 Å². The maximum Gasteiger partial charge on any atom is 0.328 e. The third-order valence-corrected chi connectivity index (χ3v) is 10.1. The molecule has 0 spiro atoms. The lowest BCUT2D eigenvalue weighted by atomic mass is 10.0. The average Bonchev–Trinajstić information content (AvgIpc) is 3.18. The smallest absolute Gasteiger partial charge is 0.328 e. The molecule has 0 fully saturated rings. The number of aliphatic hydroxyl groups excluding tert-OH is 1. The molecule has 0 rings (SSSR count). The number of nitrogens with one attached hydrogen (secondary N) is 2. The van der Waals surface area contributed by atoms with Crippen LogP contribution < -0.4 is 10.6 Å². The number of rotatable bonds is 41. The molecule has 0 heterocycles. The van der Waals surface area contributed by atoms with E-state index in [-0.39, 0.29) is 30.9 Å². The molecule has 4 N–H and O–H groups in total. The summed E-state index contributed by atoms with van der Waals surface area (Å²) in [6, 6.07) is -1.39. The summed E-state index contributed by atoms with van der Waals surface area (Å²) >= 11 is 0. The SMILES string of the molecule is CCCCC/C=C\C/C=C\C/C=C\C(CCCCCCCC(=O)NCC(=O)NC(CO)C(=O)O)OC(=O)CCCCCCCCCCCCCCCCCCC. The Morgan fingerprint density at radius 1 is 0.554 bits per heavy atom. The van der Waals surface area contributed by atoms with Crippen LogP contribution in [-0.2, 0) is 23.9 Å². The minimum Gasteiger partial charge on any atom is -0.480 e. The van der Waals surface area contributed by atoms with Gasteiger partial charge in [-0.1, -0.05) is 179 Å². The zero-order valence-corrected chi connectivity index (χ0v) is 35.9. The minimum atomic E-state index is -1.39. The van der Waals surface area contributed by atoms with E-state index in [1.165, 1.54) is 116 Å². The Kier molecular flexibility index (Phi) is 39.5. The molecular weight excluding hydrogens is 705 g/mol. The molecule has 2 atom stereocenters. The second-order valence-electron chi connectivity index (χ2n) is 15.5. The molecule has 0 aromatic heterocycles. The molecule has 2 amide bonds. The van der Waals surface area contributed by atoms with Crippen molar-refractivity contribution < 1.29 is 34.1 Å². The van der Waals surface area contributed by atoms with Crippen LogP contribution in [0, 0.1) is 0 Å². The largest absolute Gasteiger partial charge is 0.480 e. The van der Waals surface area contributed by atoms with Gasteiger partial charge in [0.05, 0.1) is 13.2 Å². The highest BCUT2D eigenvalue weighted by Gasteiger charge is 2.18. The maximum absolute atomic E-state index is 12.8. The summed E-state index contributed by atoms with van der Waals surface area (Å²) in [5, 5.41) is 22.5. The van der Waals surface area contributed by atoms with E-state index in [0.717, 1.165) is 64.2 Å². The number of carboxylic acid groups (broad SMARTS) is 1. The summed E-state index contributed by atoms with van der Waals surface area (Å²) in [6.45, 7) is 3.45. The molecule has 56 heavy (non-hydrogen) atoms. The third kappa shape index (κ3) is 38.0. The summed E-state index contributed by atoms with van der Waals surface area (Å²) in [5.41, 5.74) is 0. The van der Waals surface area contributed by atoms with E-state index < -0.39 is 24.5 Å². The monoisotopic (exact) mass is 789 g/mol. The van der Waals surface area contributed by atoms with Gasteiger partial charge in [0.1, 0.15) is 12.1 Å². The number of carboxylic acids is 1. The molecule has 0 saturated heterocycles. The van der Waals surface area contributed by atoms with Gasteiger partial charge in [-0.15, -0.1) is 0 Å². The molecule has 324 valence electrons. The number of hydrogen-bond acceptors (Lipinski definition) is 6. The van der Waals surface area contributed by atoms with Crippen molar-refractivity contribution in [1.82, 2.24) is 10.6 Å². The van der Waals surface area contributed by atoms with Gasteiger partial charge in [0.15, 0.2) is 0 Å². The van der Waals surface area contributed by atoms with Crippen molar-refractivity contribution >= 4 is 23.8 Å². The van der Waals surface area contributed by atoms with Crippen LogP contribution in [0.25, 0.3) is 0 Å². The molecule has 0 radical (unpaired) electrons. The lowest BCUT2D eigenvalue weighted by Gasteiger charge is -2.15. The molecule has 0 bridgehead atoms. The number of carbonyl (C=O) groups excluding carboxylic acids is 3. The van der Waals surface area contributed by atoms with Crippen LogP contribution in [0.1, 0.15) is 213 Å². The Morgan fingerprint density at radius 3 is 1.55 bits per heavy atom. The van der Waals surface area contributed by atoms with Crippen molar-refractivity contribution in [2.45, 2.75) is 225 Å². The fourth-order valence-electron chi connectivity index (χ4n) is 6.58. The second kappa shape index (κ2) is 41.7. The number of esters is 1. The van der Waals surface area contributed by atoms with Crippen LogP contribution in [0.5, 0.6) is 0 Å². The summed E-state index contributed by atoms with van der Waals surface area (Å²) in [7, 11) is 0. The van der Waals surface area contributed by atoms with Gasteiger partial charge in [0.2, 0.25) is 11.8 Å². The first-order valence-corrected chi connectivity index (χ1v) is 22.9. The Labute approximate surface area is 342 Å². The zero-order chi connectivity index (χ0) is 41.2. The van der Waals surface area contributed by atoms with Crippen molar-refractivity contribution in [3.05, 3.63) is 36.5 Å². The van der Waals surface area contributed by atoms with E-state index in [1.807, 2.05) is 6.08 Å². The molecule has 9 nitrogen and oxygen atoms in total. The fraction of sp³-hybridized carbons (Fsp3) is 0.787. The van der Waals surface area contributed by atoms with E-state index in [1.54, 1.807) is 0 Å². The van der Waals surface area contributed by atoms with Crippen molar-refractivity contribution in [3.8, 4) is 0 Å². The second-order valence-corrected chi connectivity index (χ2v) is 15.5. The van der Waals surface area contributed by atoms with Crippen LogP contribution >= 0.6 is 0 Å². The lowest BCUT2D eigenvalue weighted by Crippen LogP contribution is -2.47. The van der Waals surface area contributed by atoms with E-state index in [2.05, 4.69) is 54.9 Å². The van der Waals surface area contributed by atoms with E-state index in [0.29, 0.717) is 12.8 Å². The summed E-state index contributed by atoms with van der Waals surface area (Å²) < 4.78 is 5.93. The molecule has 0 aliphatic heterocycles. The summed E-state index contributed by atoms with van der Waals surface area (Å²) in [4.78, 5) is 47.6. The van der Waals surface area contributed by atoms with E-state index in [9.17, 15) is 19.2 Å². The number of hydrogen-bond donors (Lipinski definition) is 4. The normalized spacial score (nSPS) is 12.8. The van der Waals surface area contributed by atoms with Gasteiger partial charge in [-0.25, -0.2) is 4.79 Å². The predicted molar refractivity (Wildman–Crippen MR) is 231 cm³/mol. The topological polar surface area (TPSA) is 142 Å². The first-order valence-electron chi connectivity index (χ1n) is 22.9. The number of allylic oxidation sites excluding steroid dienone is 5. The highest BCUT2D eigenvalue weighted by atomic mass is 16.5. The van der Waals surface area contributed by atoms with Crippen LogP contribution in [0.4, 0.5) is 0 Å². The van der Waals surface area contributed by atoms with Gasteiger partial charge >= 0.3 is 11.9 Å². The van der Waals surface area contributed by atoms with Crippen molar-refractivity contribution in [1.29, 1.82) is 0 Å². The zero-order valence-electron chi connectivity index (χ0n) is 35.9. The van der Waals surface area contributed by atoms with Gasteiger partial charge in [-0.05, 0) is 57.4 Å². The maximum atomic E-state index is 12.8. The number of carbonyl (C=O) groups is 4. The highest BCUT2D eigenvalue weighted by Crippen LogP contribution is 2.16. The molecule has 9 heteroatoms. The molecule has 0 aromatic carbocycles. The van der Waals surface area contributed by atoms with Gasteiger partial charge in [0, 0.05) is 12.8 Å². The standard InChI is InChI=1S/C47H84N2O7/c1-3-5-7-9-11-13-15-16-17-18-19-20-22-24-26-31-35-39-46(53)56-42(36-32-28-25-23-21-14-12-10-8-6-4-2)37-33-29-27-30-34-38-44(51)48-40-45(52)49-43(41-50)47(54)55/h12,14,23,25,32,36,42-43,50H,3-11,13,15-22,24,26-31,33-35,37-41H2,1-2H3,(H,48,51)(H,49,52)(H,54,55)/b14-12-,25-23-,36-32-. The Morgan fingerprint density at radius 2 is 1.02 bits per heavy atom. The Bertz CT molecular complexity index is 1040. The Hall–Kier alpha value is -2.94. The first kappa shape index (κ1) is 53.1. The fourth-order valence-corrected chi connectivity index (χ4v) is 6.58. The highest BCUT2D eigenvalue weighted by molar-refractivity contribution is 5.87. The van der Waals surface area contributed by atoms with Crippen molar-refractivity contribution in [3.63, 3.8) is 0 Å². The van der Waals surface area contributed by atoms with Crippen LogP contribution in [0.2, 0.25) is 0 Å². The lowest BCUT2D eigenvalue weighted by molar-refractivity contribution is -0.147. The number of aliphatic carboxylic acids is 1. The van der Waals surface area contributed by atoms with Gasteiger partial charge in [-0.3, -0.25) is 14.4 Å². The van der Waals surface area contributed by atoms with Crippen molar-refractivity contribution in [2.24, 2.45) is 0 Å². The van der Waals surface area contributed by atoms with E-state index >= 15 is 0 Å². The summed E-state index contributed by atoms with van der Waals surface area (Å²) in [5.74, 6) is -2.38. The van der Waals surface area contributed by atoms with Crippen LogP contribution in [0.3, 0.4) is 0 Å². The molecule has 0 saturated carbocycles. The Balaban J connectivity index is 4.34. The minimum absolute atomic E-state index is 0.112. The quantitative estimate of drug-likeness (QED) is 0.0274. The van der Waals surface area contributed by atoms with E-state index in [4.69, 9.17) is 14.9 Å². The average molecular weight is 789 g/mol.